The number of fused-ring (bicyclic) bond motifs is 4. The lowest BCUT2D eigenvalue weighted by Gasteiger charge is -2.34. The standard InChI is InChI=1S/C29H28N2O4Si/c1-30-9-7-17-11-22-26(14-24(17)30)36(3,4)27-15-25-18(8-10-31(25)2)12-23(27)28(22)21-13-19(35-16-32)5-6-20(21)29(33)34/h5-6,11-16H,7-10H2,1-4H3. The fraction of sp³-hybridized carbons (Fsp3) is 0.276. The van der Waals surface area contributed by atoms with Gasteiger partial charge < -0.3 is 19.5 Å². The Bertz CT molecular complexity index is 1620. The molecule has 6 nitrogen and oxygen atoms in total. The molecule has 6 rings (SSSR count). The van der Waals surface area contributed by atoms with Gasteiger partial charge in [0.1, 0.15) is 27.4 Å². The van der Waals surface area contributed by atoms with E-state index < -0.39 is 14.0 Å². The summed E-state index contributed by atoms with van der Waals surface area (Å²) in [5.41, 5.74) is 6.41. The van der Waals surface area contributed by atoms with Crippen LogP contribution >= 0.6 is 0 Å². The first-order chi connectivity index (χ1) is 17.2. The Kier molecular flexibility index (Phi) is 4.99. The SMILES string of the molecule is CN1CCc2cc3c(cc21)[Si](C)(C)c1cc2c(cc1=C3c1cc(OC=O)ccc1C(=O)[O-])CC[N+]=2C. The molecule has 0 N–H and O–H groups in total. The summed E-state index contributed by atoms with van der Waals surface area (Å²) in [5, 5.41) is 17.2. The molecule has 0 aromatic heterocycles. The zero-order valence-electron chi connectivity index (χ0n) is 21.0. The van der Waals surface area contributed by atoms with Crippen LogP contribution in [0, 0.1) is 0 Å². The lowest BCUT2D eigenvalue weighted by atomic mass is 9.89. The van der Waals surface area contributed by atoms with Gasteiger partial charge in [0.25, 0.3) is 6.47 Å². The Morgan fingerprint density at radius 3 is 2.61 bits per heavy atom. The van der Waals surface area contributed by atoms with Crippen LogP contribution in [-0.2, 0) is 17.6 Å². The number of nitrogens with zero attached hydrogens (tertiary/aromatic N) is 2. The number of carboxylic acids is 1. The van der Waals surface area contributed by atoms with E-state index in [0.29, 0.717) is 17.8 Å². The summed E-state index contributed by atoms with van der Waals surface area (Å²) in [5.74, 6) is -0.938. The summed E-state index contributed by atoms with van der Waals surface area (Å²) in [6.07, 6.45) is 1.91. The van der Waals surface area contributed by atoms with Crippen molar-refractivity contribution in [3.05, 3.63) is 80.9 Å². The summed E-state index contributed by atoms with van der Waals surface area (Å²) in [6.45, 7) is 7.07. The van der Waals surface area contributed by atoms with Gasteiger partial charge in [-0.3, -0.25) is 4.79 Å². The number of likely N-dealkylation sites (N-methyl/N-ethyl adjacent to an activating group) is 2. The van der Waals surface area contributed by atoms with Crippen molar-refractivity contribution in [2.45, 2.75) is 25.9 Å². The lowest BCUT2D eigenvalue weighted by Crippen LogP contribution is -2.64. The van der Waals surface area contributed by atoms with Crippen molar-refractivity contribution >= 4 is 42.1 Å². The van der Waals surface area contributed by atoms with Crippen molar-refractivity contribution in [1.29, 1.82) is 0 Å². The van der Waals surface area contributed by atoms with E-state index in [1.165, 1.54) is 44.7 Å². The van der Waals surface area contributed by atoms with Crippen molar-refractivity contribution in [1.82, 2.24) is 4.58 Å². The monoisotopic (exact) mass is 496 g/mol. The smallest absolute Gasteiger partial charge is 0.298 e. The number of carbonyl (C=O) groups is 2. The molecule has 3 heterocycles. The molecule has 0 bridgehead atoms. The van der Waals surface area contributed by atoms with Crippen LogP contribution in [0.1, 0.15) is 32.6 Å². The second kappa shape index (κ2) is 7.90. The third kappa shape index (κ3) is 3.19. The first-order valence-corrected chi connectivity index (χ1v) is 15.3. The van der Waals surface area contributed by atoms with E-state index in [9.17, 15) is 14.7 Å². The third-order valence-electron chi connectivity index (χ3n) is 8.24. The number of benzene rings is 3. The molecule has 0 spiro atoms. The van der Waals surface area contributed by atoms with Gasteiger partial charge in [0, 0.05) is 42.9 Å². The Balaban J connectivity index is 1.80. The molecule has 0 aliphatic carbocycles. The first-order valence-electron chi connectivity index (χ1n) is 12.3. The highest BCUT2D eigenvalue weighted by molar-refractivity contribution is 7.01. The van der Waals surface area contributed by atoms with E-state index in [1.54, 1.807) is 6.07 Å². The highest BCUT2D eigenvalue weighted by Crippen LogP contribution is 2.35. The van der Waals surface area contributed by atoms with Crippen molar-refractivity contribution in [3.8, 4) is 5.75 Å². The maximum Gasteiger partial charge on any atom is 0.298 e. The van der Waals surface area contributed by atoms with E-state index in [2.05, 4.69) is 60.9 Å². The first kappa shape index (κ1) is 22.7. The van der Waals surface area contributed by atoms with E-state index in [4.69, 9.17) is 4.74 Å². The lowest BCUT2D eigenvalue weighted by molar-refractivity contribution is -0.255. The van der Waals surface area contributed by atoms with Crippen molar-refractivity contribution < 1.29 is 19.4 Å². The van der Waals surface area contributed by atoms with E-state index in [1.807, 2.05) is 0 Å². The van der Waals surface area contributed by atoms with Crippen LogP contribution in [0.5, 0.6) is 5.75 Å². The number of rotatable bonds is 4. The van der Waals surface area contributed by atoms with Gasteiger partial charge in [-0.05, 0) is 80.7 Å². The van der Waals surface area contributed by atoms with E-state index >= 15 is 0 Å². The molecule has 0 radical (unpaired) electrons. The summed E-state index contributed by atoms with van der Waals surface area (Å²) < 4.78 is 7.46. The third-order valence-corrected chi connectivity index (χ3v) is 11.8. The Labute approximate surface area is 210 Å². The molecule has 0 atom stereocenters. The van der Waals surface area contributed by atoms with Gasteiger partial charge in [-0.15, -0.1) is 0 Å². The minimum atomic E-state index is -2.15. The van der Waals surface area contributed by atoms with Crippen LogP contribution in [0.3, 0.4) is 0 Å². The highest BCUT2D eigenvalue weighted by atomic mass is 28.3. The molecule has 0 fully saturated rings. The normalized spacial score (nSPS) is 16.8. The summed E-state index contributed by atoms with van der Waals surface area (Å²) in [6, 6.07) is 13.9. The Hall–Kier alpha value is -3.71. The molecule has 0 amide bonds. The van der Waals surface area contributed by atoms with Crippen molar-refractivity contribution in [3.63, 3.8) is 0 Å². The molecule has 36 heavy (non-hydrogen) atoms. The fourth-order valence-electron chi connectivity index (χ4n) is 6.26. The highest BCUT2D eigenvalue weighted by Gasteiger charge is 2.38. The number of hydrogen-bond donors (Lipinski definition) is 0. The van der Waals surface area contributed by atoms with Crippen LogP contribution < -0.4 is 40.3 Å². The van der Waals surface area contributed by atoms with E-state index in [0.717, 1.165) is 42.3 Å². The van der Waals surface area contributed by atoms with Gasteiger partial charge in [0.15, 0.2) is 0 Å². The van der Waals surface area contributed by atoms with Gasteiger partial charge in [-0.25, -0.2) is 4.58 Å². The number of hydrogen-bond acceptors (Lipinski definition) is 5. The zero-order valence-corrected chi connectivity index (χ0v) is 22.0. The van der Waals surface area contributed by atoms with Gasteiger partial charge in [0.05, 0.1) is 5.97 Å². The summed E-state index contributed by atoms with van der Waals surface area (Å²) in [7, 11) is 2.11. The maximum atomic E-state index is 12.3. The molecule has 0 unspecified atom stereocenters. The molecule has 3 aromatic carbocycles. The van der Waals surface area contributed by atoms with Crippen LogP contribution in [0.15, 0.2) is 42.5 Å². The second-order valence-electron chi connectivity index (χ2n) is 10.6. The molecule has 182 valence electrons. The average molecular weight is 497 g/mol. The molecule has 3 aliphatic heterocycles. The van der Waals surface area contributed by atoms with Gasteiger partial charge >= 0.3 is 0 Å². The molecular formula is C29H28N2O4Si. The molecule has 3 aliphatic rings. The number of carbonyl (C=O) groups excluding carboxylic acids is 2. The van der Waals surface area contributed by atoms with Crippen molar-refractivity contribution in [2.75, 3.05) is 32.1 Å². The molecule has 0 saturated heterocycles. The summed E-state index contributed by atoms with van der Waals surface area (Å²) >= 11 is 0. The number of ether oxygens (including phenoxy) is 1. The van der Waals surface area contributed by atoms with Crippen LogP contribution in [0.25, 0.3) is 5.57 Å². The largest absolute Gasteiger partial charge is 0.545 e. The topological polar surface area (TPSA) is 72.7 Å². The maximum absolute atomic E-state index is 12.3. The number of carboxylic acid groups (broad SMARTS) is 1. The molecule has 7 heteroatoms. The quantitative estimate of drug-likeness (QED) is 0.280. The fourth-order valence-corrected chi connectivity index (χ4v) is 9.29. The van der Waals surface area contributed by atoms with Gasteiger partial charge in [-0.2, -0.15) is 0 Å². The molecular weight excluding hydrogens is 468 g/mol. The van der Waals surface area contributed by atoms with Gasteiger partial charge in [-0.1, -0.05) is 13.1 Å². The zero-order chi connectivity index (χ0) is 25.4. The van der Waals surface area contributed by atoms with E-state index in [-0.39, 0.29) is 5.56 Å². The minimum absolute atomic E-state index is 0.0942. The van der Waals surface area contributed by atoms with Gasteiger partial charge in [0.2, 0.25) is 5.36 Å². The van der Waals surface area contributed by atoms with Crippen LogP contribution in [-0.4, -0.2) is 47.7 Å². The predicted octanol–water partition coefficient (Wildman–Crippen LogP) is -0.362. The average Bonchev–Trinajstić information content (AvgIpc) is 3.39. The predicted molar refractivity (Wildman–Crippen MR) is 141 cm³/mol. The van der Waals surface area contributed by atoms with Crippen LogP contribution in [0.4, 0.5) is 5.69 Å². The molecule has 0 saturated carbocycles. The van der Waals surface area contributed by atoms with Crippen molar-refractivity contribution in [2.24, 2.45) is 0 Å². The number of anilines is 1. The molecule has 3 aromatic rings. The second-order valence-corrected chi connectivity index (χ2v) is 14.9. The van der Waals surface area contributed by atoms with Crippen LogP contribution in [0.2, 0.25) is 13.1 Å². The number of aromatic carboxylic acids is 1. The Morgan fingerprint density at radius 1 is 1.06 bits per heavy atom. The Morgan fingerprint density at radius 2 is 1.86 bits per heavy atom. The summed E-state index contributed by atoms with van der Waals surface area (Å²) in [4.78, 5) is 25.7. The minimum Gasteiger partial charge on any atom is -0.545 e.